The third kappa shape index (κ3) is 2.84. The number of aromatic nitrogens is 1. The van der Waals surface area contributed by atoms with Gasteiger partial charge < -0.3 is 10.3 Å². The zero-order valence-electron chi connectivity index (χ0n) is 9.87. The molecule has 1 aromatic heterocycles. The largest absolute Gasteiger partial charge is 0.389 e. The molecular formula is C14H14N2OS. The molecule has 2 rings (SSSR count). The molecule has 0 aliphatic rings. The molecule has 0 saturated carbocycles. The van der Waals surface area contributed by atoms with Crippen LogP contribution in [0.15, 0.2) is 53.5 Å². The fraction of sp³-hybridized carbons (Fsp3) is 0.143. The summed E-state index contributed by atoms with van der Waals surface area (Å²) >= 11 is 4.85. The molecule has 0 saturated heterocycles. The van der Waals surface area contributed by atoms with E-state index in [9.17, 15) is 4.79 Å². The number of hydrogen-bond acceptors (Lipinski definition) is 2. The second-order valence-electron chi connectivity index (χ2n) is 4.02. The number of hydrogen-bond donors (Lipinski definition) is 1. The number of pyridine rings is 1. The predicted molar refractivity (Wildman–Crippen MR) is 76.7 cm³/mol. The Hall–Kier alpha value is -1.94. The molecular weight excluding hydrogens is 244 g/mol. The first-order valence-electron chi connectivity index (χ1n) is 5.71. The van der Waals surface area contributed by atoms with Gasteiger partial charge in [-0.1, -0.05) is 42.5 Å². The van der Waals surface area contributed by atoms with Crippen molar-refractivity contribution in [3.63, 3.8) is 0 Å². The maximum atomic E-state index is 12.0. The average molecular weight is 258 g/mol. The Morgan fingerprint density at radius 3 is 2.56 bits per heavy atom. The molecule has 2 N–H and O–H groups in total. The number of nitrogens with zero attached hydrogens (tertiary/aromatic N) is 1. The van der Waals surface area contributed by atoms with E-state index in [4.69, 9.17) is 18.0 Å². The lowest BCUT2D eigenvalue weighted by molar-refractivity contribution is 0.668. The van der Waals surface area contributed by atoms with Gasteiger partial charge >= 0.3 is 0 Å². The fourth-order valence-corrected chi connectivity index (χ4v) is 1.95. The van der Waals surface area contributed by atoms with E-state index in [-0.39, 0.29) is 10.5 Å². The Morgan fingerprint density at radius 2 is 1.89 bits per heavy atom. The van der Waals surface area contributed by atoms with Crippen molar-refractivity contribution in [2.75, 3.05) is 0 Å². The SMILES string of the molecule is NC(=S)c1cccn(CCc2ccccc2)c1=O. The van der Waals surface area contributed by atoms with Crippen molar-refractivity contribution >= 4 is 17.2 Å². The Kier molecular flexibility index (Phi) is 3.89. The summed E-state index contributed by atoms with van der Waals surface area (Å²) in [6.07, 6.45) is 2.56. The number of benzene rings is 1. The minimum absolute atomic E-state index is 0.124. The van der Waals surface area contributed by atoms with Crippen molar-refractivity contribution in [2.24, 2.45) is 5.73 Å². The normalized spacial score (nSPS) is 10.2. The molecule has 3 nitrogen and oxygen atoms in total. The van der Waals surface area contributed by atoms with Gasteiger partial charge in [0.15, 0.2) is 0 Å². The molecule has 0 fully saturated rings. The molecule has 0 bridgehead atoms. The van der Waals surface area contributed by atoms with E-state index in [1.807, 2.05) is 30.3 Å². The number of rotatable bonds is 4. The molecule has 0 amide bonds. The molecule has 0 atom stereocenters. The van der Waals surface area contributed by atoms with Crippen LogP contribution in [-0.2, 0) is 13.0 Å². The molecule has 0 unspecified atom stereocenters. The quantitative estimate of drug-likeness (QED) is 0.850. The average Bonchev–Trinajstić information content (AvgIpc) is 2.38. The number of aryl methyl sites for hydroxylation is 2. The van der Waals surface area contributed by atoms with Gasteiger partial charge in [0.05, 0.1) is 5.56 Å². The first-order chi connectivity index (χ1) is 8.68. The molecule has 0 radical (unpaired) electrons. The zero-order chi connectivity index (χ0) is 13.0. The van der Waals surface area contributed by atoms with Crippen LogP contribution in [0.3, 0.4) is 0 Å². The Bertz CT molecular complexity index is 605. The van der Waals surface area contributed by atoms with Gasteiger partial charge in [-0.2, -0.15) is 0 Å². The first kappa shape index (κ1) is 12.5. The summed E-state index contributed by atoms with van der Waals surface area (Å²) in [7, 11) is 0. The molecule has 92 valence electrons. The highest BCUT2D eigenvalue weighted by molar-refractivity contribution is 7.80. The zero-order valence-corrected chi connectivity index (χ0v) is 10.7. The van der Waals surface area contributed by atoms with Crippen molar-refractivity contribution in [3.05, 3.63) is 70.1 Å². The van der Waals surface area contributed by atoms with Crippen LogP contribution in [0.2, 0.25) is 0 Å². The summed E-state index contributed by atoms with van der Waals surface area (Å²) in [6, 6.07) is 13.5. The number of nitrogens with two attached hydrogens (primary N) is 1. The summed E-state index contributed by atoms with van der Waals surface area (Å²) in [5, 5.41) is 0. The Morgan fingerprint density at radius 1 is 1.17 bits per heavy atom. The molecule has 1 heterocycles. The maximum absolute atomic E-state index is 12.0. The van der Waals surface area contributed by atoms with Crippen molar-refractivity contribution in [1.29, 1.82) is 0 Å². The van der Waals surface area contributed by atoms with Crippen LogP contribution < -0.4 is 11.3 Å². The van der Waals surface area contributed by atoms with E-state index in [1.54, 1.807) is 22.9 Å². The minimum Gasteiger partial charge on any atom is -0.389 e. The van der Waals surface area contributed by atoms with E-state index < -0.39 is 0 Å². The molecule has 1 aromatic carbocycles. The van der Waals surface area contributed by atoms with Crippen LogP contribution in [0.1, 0.15) is 11.1 Å². The van der Waals surface area contributed by atoms with E-state index in [1.165, 1.54) is 5.56 Å². The second kappa shape index (κ2) is 5.60. The van der Waals surface area contributed by atoms with Gasteiger partial charge in [0.2, 0.25) is 0 Å². The first-order valence-corrected chi connectivity index (χ1v) is 6.12. The van der Waals surface area contributed by atoms with Gasteiger partial charge in [-0.05, 0) is 24.1 Å². The topological polar surface area (TPSA) is 48.0 Å². The molecule has 0 aliphatic heterocycles. The van der Waals surface area contributed by atoms with Gasteiger partial charge in [0.1, 0.15) is 4.99 Å². The van der Waals surface area contributed by atoms with E-state index in [2.05, 4.69) is 0 Å². The van der Waals surface area contributed by atoms with Crippen molar-refractivity contribution in [3.8, 4) is 0 Å². The molecule has 4 heteroatoms. The summed E-state index contributed by atoms with van der Waals surface area (Å²) in [6.45, 7) is 0.624. The highest BCUT2D eigenvalue weighted by Gasteiger charge is 2.05. The van der Waals surface area contributed by atoms with Crippen LogP contribution in [0.25, 0.3) is 0 Å². The van der Waals surface area contributed by atoms with Crippen LogP contribution in [0, 0.1) is 0 Å². The fourth-order valence-electron chi connectivity index (χ4n) is 1.79. The molecule has 18 heavy (non-hydrogen) atoms. The molecule has 0 spiro atoms. The van der Waals surface area contributed by atoms with E-state index in [0.717, 1.165) is 6.42 Å². The lowest BCUT2D eigenvalue weighted by Crippen LogP contribution is -2.28. The monoisotopic (exact) mass is 258 g/mol. The molecule has 2 aromatic rings. The third-order valence-electron chi connectivity index (χ3n) is 2.77. The highest BCUT2D eigenvalue weighted by atomic mass is 32.1. The predicted octanol–water partition coefficient (Wildman–Crippen LogP) is 1.73. The summed E-state index contributed by atoms with van der Waals surface area (Å²) in [5.41, 5.74) is 6.99. The van der Waals surface area contributed by atoms with Gasteiger partial charge in [-0.15, -0.1) is 0 Å². The van der Waals surface area contributed by atoms with Gasteiger partial charge in [-0.25, -0.2) is 0 Å². The minimum atomic E-state index is -0.124. The number of thiocarbonyl (C=S) groups is 1. The van der Waals surface area contributed by atoms with Crippen LogP contribution in [-0.4, -0.2) is 9.56 Å². The van der Waals surface area contributed by atoms with Gasteiger partial charge in [-0.3, -0.25) is 4.79 Å². The van der Waals surface area contributed by atoms with Crippen molar-refractivity contribution in [2.45, 2.75) is 13.0 Å². The maximum Gasteiger partial charge on any atom is 0.260 e. The lowest BCUT2D eigenvalue weighted by atomic mass is 10.1. The summed E-state index contributed by atoms with van der Waals surface area (Å²) in [4.78, 5) is 12.2. The third-order valence-corrected chi connectivity index (χ3v) is 2.99. The van der Waals surface area contributed by atoms with Gasteiger partial charge in [0.25, 0.3) is 5.56 Å². The summed E-state index contributed by atoms with van der Waals surface area (Å²) in [5.74, 6) is 0. The highest BCUT2D eigenvalue weighted by Crippen LogP contribution is 2.01. The van der Waals surface area contributed by atoms with E-state index >= 15 is 0 Å². The van der Waals surface area contributed by atoms with Crippen LogP contribution >= 0.6 is 12.2 Å². The Labute approximate surface area is 111 Å². The smallest absolute Gasteiger partial charge is 0.260 e. The lowest BCUT2D eigenvalue weighted by Gasteiger charge is -2.07. The van der Waals surface area contributed by atoms with Gasteiger partial charge in [0, 0.05) is 12.7 Å². The molecule has 0 aliphatic carbocycles. The second-order valence-corrected chi connectivity index (χ2v) is 4.46. The summed E-state index contributed by atoms with van der Waals surface area (Å²) < 4.78 is 1.64. The van der Waals surface area contributed by atoms with E-state index in [0.29, 0.717) is 12.1 Å². The van der Waals surface area contributed by atoms with Crippen molar-refractivity contribution in [1.82, 2.24) is 4.57 Å². The Balaban J connectivity index is 2.18. The van der Waals surface area contributed by atoms with Crippen LogP contribution in [0.4, 0.5) is 0 Å². The standard InChI is InChI=1S/C14H14N2OS/c15-13(18)12-7-4-9-16(14(12)17)10-8-11-5-2-1-3-6-11/h1-7,9H,8,10H2,(H2,15,18). The van der Waals surface area contributed by atoms with Crippen LogP contribution in [0.5, 0.6) is 0 Å². The van der Waals surface area contributed by atoms with Crippen molar-refractivity contribution < 1.29 is 0 Å².